The van der Waals surface area contributed by atoms with Crippen molar-refractivity contribution in [2.24, 2.45) is 5.92 Å². The molecule has 0 aromatic heterocycles. The molecule has 3 heteroatoms. The van der Waals surface area contributed by atoms with E-state index in [1.54, 1.807) is 0 Å². The predicted molar refractivity (Wildman–Crippen MR) is 102 cm³/mol. The highest BCUT2D eigenvalue weighted by molar-refractivity contribution is 6.73. The van der Waals surface area contributed by atoms with E-state index in [9.17, 15) is 0 Å². The second kappa shape index (κ2) is 10.8. The largest absolute Gasteiger partial charge is 0.413 e. The summed E-state index contributed by atoms with van der Waals surface area (Å²) < 4.78 is 12.5. The zero-order valence-corrected chi connectivity index (χ0v) is 16.4. The molecule has 1 aromatic rings. The number of rotatable bonds is 12. The van der Waals surface area contributed by atoms with Crippen molar-refractivity contribution in [2.45, 2.75) is 65.0 Å². The molecule has 2 atom stereocenters. The summed E-state index contributed by atoms with van der Waals surface area (Å²) in [5.41, 5.74) is 1.22. The van der Waals surface area contributed by atoms with Gasteiger partial charge in [0.05, 0.1) is 12.7 Å². The van der Waals surface area contributed by atoms with Crippen LogP contribution in [-0.4, -0.2) is 21.0 Å². The third-order valence-corrected chi connectivity index (χ3v) is 9.62. The number of ether oxygens (including phenoxy) is 1. The second-order valence-corrected chi connectivity index (χ2v) is 11.0. The number of benzene rings is 1. The van der Waals surface area contributed by atoms with Crippen LogP contribution >= 0.6 is 0 Å². The Morgan fingerprint density at radius 3 is 2.22 bits per heavy atom. The third-order valence-electron chi connectivity index (χ3n) is 4.95. The maximum absolute atomic E-state index is 6.68. The smallest absolute Gasteiger partial charge is 0.192 e. The first-order chi connectivity index (χ1) is 11.1. The fourth-order valence-corrected chi connectivity index (χ4v) is 5.84. The van der Waals surface area contributed by atoms with E-state index in [4.69, 9.17) is 9.16 Å². The Kier molecular flexibility index (Phi) is 9.45. The summed E-state index contributed by atoms with van der Waals surface area (Å²) in [4.78, 5) is 0. The lowest BCUT2D eigenvalue weighted by Crippen LogP contribution is -2.42. The lowest BCUT2D eigenvalue weighted by molar-refractivity contribution is 0.0654. The lowest BCUT2D eigenvalue weighted by atomic mass is 10.0. The second-order valence-electron chi connectivity index (χ2n) is 6.32. The standard InChI is InChI=1S/C20H34O2Si/c1-6-18(5)20(22-23(7-2,8-3)9-4)15-16-21-17-19-13-11-10-12-14-19/h6,10-14,18,20H,1,7-9,15-17H2,2-5H3/t18-,20+/m1/s1. The van der Waals surface area contributed by atoms with E-state index in [1.165, 1.54) is 23.7 Å². The van der Waals surface area contributed by atoms with E-state index in [1.807, 2.05) is 24.3 Å². The Bertz CT molecular complexity index is 420. The first kappa shape index (κ1) is 20.1. The van der Waals surface area contributed by atoms with Gasteiger partial charge in [-0.2, -0.15) is 0 Å². The first-order valence-electron chi connectivity index (χ1n) is 9.02. The van der Waals surface area contributed by atoms with Gasteiger partial charge in [-0.1, -0.05) is 64.1 Å². The fraction of sp³-hybridized carbons (Fsp3) is 0.600. The SMILES string of the molecule is C=C[C@@H](C)[C@H](CCOCc1ccccc1)O[Si](CC)(CC)CC. The van der Waals surface area contributed by atoms with Crippen LogP contribution in [0.3, 0.4) is 0 Å². The highest BCUT2D eigenvalue weighted by Gasteiger charge is 2.33. The Morgan fingerprint density at radius 1 is 1.09 bits per heavy atom. The molecule has 23 heavy (non-hydrogen) atoms. The molecule has 1 aromatic carbocycles. The van der Waals surface area contributed by atoms with Crippen LogP contribution in [0.1, 0.15) is 39.7 Å². The molecule has 1 rings (SSSR count). The average molecular weight is 335 g/mol. The molecule has 0 heterocycles. The first-order valence-corrected chi connectivity index (χ1v) is 11.6. The monoisotopic (exact) mass is 334 g/mol. The Balaban J connectivity index is 2.53. The minimum atomic E-state index is -1.59. The van der Waals surface area contributed by atoms with E-state index in [2.05, 4.69) is 46.4 Å². The summed E-state index contributed by atoms with van der Waals surface area (Å²) in [6.45, 7) is 14.4. The number of hydrogen-bond acceptors (Lipinski definition) is 2. The molecule has 0 saturated heterocycles. The van der Waals surface area contributed by atoms with Crippen LogP contribution in [0, 0.1) is 5.92 Å². The molecule has 2 nitrogen and oxygen atoms in total. The summed E-state index contributed by atoms with van der Waals surface area (Å²) in [5, 5.41) is 0. The van der Waals surface area contributed by atoms with E-state index in [-0.39, 0.29) is 6.10 Å². The molecule has 0 amide bonds. The van der Waals surface area contributed by atoms with Gasteiger partial charge in [0, 0.05) is 6.61 Å². The van der Waals surface area contributed by atoms with Crippen LogP contribution in [0.25, 0.3) is 0 Å². The van der Waals surface area contributed by atoms with Gasteiger partial charge in [-0.25, -0.2) is 0 Å². The molecule has 0 saturated carbocycles. The van der Waals surface area contributed by atoms with E-state index in [0.29, 0.717) is 12.5 Å². The summed E-state index contributed by atoms with van der Waals surface area (Å²) in [6, 6.07) is 13.9. The summed E-state index contributed by atoms with van der Waals surface area (Å²) in [5.74, 6) is 0.367. The van der Waals surface area contributed by atoms with Gasteiger partial charge in [0.25, 0.3) is 0 Å². The zero-order chi connectivity index (χ0) is 17.1. The molecule has 0 N–H and O–H groups in total. The highest BCUT2D eigenvalue weighted by atomic mass is 28.4. The quantitative estimate of drug-likeness (QED) is 0.273. The average Bonchev–Trinajstić information content (AvgIpc) is 2.62. The minimum absolute atomic E-state index is 0.231. The van der Waals surface area contributed by atoms with Crippen molar-refractivity contribution in [2.75, 3.05) is 6.61 Å². The summed E-state index contributed by atoms with van der Waals surface area (Å²) in [6.07, 6.45) is 3.19. The lowest BCUT2D eigenvalue weighted by Gasteiger charge is -2.35. The van der Waals surface area contributed by atoms with Crippen molar-refractivity contribution in [1.82, 2.24) is 0 Å². The van der Waals surface area contributed by atoms with Gasteiger partial charge in [-0.05, 0) is 36.0 Å². The van der Waals surface area contributed by atoms with Crippen molar-refractivity contribution in [3.63, 3.8) is 0 Å². The molecular formula is C20H34O2Si. The van der Waals surface area contributed by atoms with E-state index < -0.39 is 8.32 Å². The molecule has 0 aliphatic rings. The van der Waals surface area contributed by atoms with Crippen LogP contribution in [0.5, 0.6) is 0 Å². The van der Waals surface area contributed by atoms with E-state index >= 15 is 0 Å². The van der Waals surface area contributed by atoms with Crippen molar-refractivity contribution < 1.29 is 9.16 Å². The zero-order valence-electron chi connectivity index (χ0n) is 15.4. The van der Waals surface area contributed by atoms with Crippen molar-refractivity contribution in [1.29, 1.82) is 0 Å². The maximum atomic E-state index is 6.68. The Hall–Kier alpha value is -0.903. The van der Waals surface area contributed by atoms with Crippen LogP contribution in [0.4, 0.5) is 0 Å². The molecule has 0 unspecified atom stereocenters. The Morgan fingerprint density at radius 2 is 1.70 bits per heavy atom. The van der Waals surface area contributed by atoms with Crippen LogP contribution in [-0.2, 0) is 15.8 Å². The molecule has 0 aliphatic carbocycles. The molecule has 0 fully saturated rings. The summed E-state index contributed by atoms with van der Waals surface area (Å²) >= 11 is 0. The van der Waals surface area contributed by atoms with E-state index in [0.717, 1.165) is 13.0 Å². The molecule has 0 spiro atoms. The predicted octanol–water partition coefficient (Wildman–Crippen LogP) is 5.81. The van der Waals surface area contributed by atoms with Gasteiger partial charge in [0.15, 0.2) is 8.32 Å². The third kappa shape index (κ3) is 6.62. The van der Waals surface area contributed by atoms with Gasteiger partial charge in [0.2, 0.25) is 0 Å². The van der Waals surface area contributed by atoms with Gasteiger partial charge in [-0.15, -0.1) is 6.58 Å². The Labute approximate surface area is 144 Å². The molecule has 130 valence electrons. The maximum Gasteiger partial charge on any atom is 0.192 e. The van der Waals surface area contributed by atoms with Crippen molar-refractivity contribution >= 4 is 8.32 Å². The van der Waals surface area contributed by atoms with Crippen LogP contribution in [0.15, 0.2) is 43.0 Å². The highest BCUT2D eigenvalue weighted by Crippen LogP contribution is 2.27. The molecule has 0 radical (unpaired) electrons. The molecular weight excluding hydrogens is 300 g/mol. The minimum Gasteiger partial charge on any atom is -0.413 e. The van der Waals surface area contributed by atoms with Gasteiger partial charge < -0.3 is 9.16 Å². The topological polar surface area (TPSA) is 18.5 Å². The van der Waals surface area contributed by atoms with Gasteiger partial charge in [0.1, 0.15) is 0 Å². The van der Waals surface area contributed by atoms with Crippen LogP contribution in [0.2, 0.25) is 18.1 Å². The van der Waals surface area contributed by atoms with Crippen molar-refractivity contribution in [3.05, 3.63) is 48.6 Å². The number of hydrogen-bond donors (Lipinski definition) is 0. The molecule has 0 aliphatic heterocycles. The van der Waals surface area contributed by atoms with Gasteiger partial charge >= 0.3 is 0 Å². The normalized spacial score (nSPS) is 14.4. The van der Waals surface area contributed by atoms with Crippen molar-refractivity contribution in [3.8, 4) is 0 Å². The fourth-order valence-electron chi connectivity index (χ4n) is 2.87. The summed E-state index contributed by atoms with van der Waals surface area (Å²) in [7, 11) is -1.59. The molecule has 0 bridgehead atoms. The van der Waals surface area contributed by atoms with Crippen LogP contribution < -0.4 is 0 Å². The van der Waals surface area contributed by atoms with Gasteiger partial charge in [-0.3, -0.25) is 0 Å².